The molecule has 3 aromatic rings. The number of H-pyrrole nitrogens is 1. The van der Waals surface area contributed by atoms with E-state index in [1.165, 1.54) is 0 Å². The zero-order chi connectivity index (χ0) is 24.7. The van der Waals surface area contributed by atoms with Gasteiger partial charge in [0.05, 0.1) is 10.6 Å². The molecule has 33 heavy (non-hydrogen) atoms. The van der Waals surface area contributed by atoms with Crippen LogP contribution in [0, 0.1) is 5.82 Å². The number of carbonyl (C=O) groups is 2. The summed E-state index contributed by atoms with van der Waals surface area (Å²) in [5, 5.41) is 10.2. The summed E-state index contributed by atoms with van der Waals surface area (Å²) >= 11 is 5.84. The largest absolute Gasteiger partial charge is 0.511 e. The van der Waals surface area contributed by atoms with Gasteiger partial charge < -0.3 is 20.1 Å². The third-order valence-electron chi connectivity index (χ3n) is 4.35. The molecule has 6 nitrogen and oxygen atoms in total. The number of aromatic nitrogens is 1. The lowest BCUT2D eigenvalue weighted by Crippen LogP contribution is -2.38. The van der Waals surface area contributed by atoms with E-state index in [-0.39, 0.29) is 33.8 Å². The van der Waals surface area contributed by atoms with Crippen molar-refractivity contribution < 1.29 is 50.2 Å². The van der Waals surface area contributed by atoms with Crippen LogP contribution in [0.2, 0.25) is 5.02 Å². The van der Waals surface area contributed by atoms with Gasteiger partial charge in [-0.15, -0.1) is 0 Å². The number of benzene rings is 2. The number of nitrogens with one attached hydrogen (secondary N) is 2. The standard InChI is InChI=1S/C19H10ClF7N2O4/c20-10-6-12-8(5-14(10)33-17(31)32)4-13(28-12)16(30)29-15(19(25,26)27)7-1-2-11(21)9(3-7)18(22,23)24/h1-6,15,28H,(H,29,30)(H,31,32). The predicted molar refractivity (Wildman–Crippen MR) is 99.6 cm³/mol. The molecule has 0 radical (unpaired) electrons. The fourth-order valence-corrected chi connectivity index (χ4v) is 3.13. The van der Waals surface area contributed by atoms with E-state index in [9.17, 15) is 40.3 Å². The van der Waals surface area contributed by atoms with Crippen LogP contribution in [0.25, 0.3) is 10.9 Å². The van der Waals surface area contributed by atoms with Crippen molar-refractivity contribution in [3.63, 3.8) is 0 Å². The van der Waals surface area contributed by atoms with Crippen LogP contribution in [0.3, 0.4) is 0 Å². The maximum absolute atomic E-state index is 13.6. The van der Waals surface area contributed by atoms with Crippen molar-refractivity contribution in [1.82, 2.24) is 10.3 Å². The molecule has 1 atom stereocenters. The van der Waals surface area contributed by atoms with E-state index >= 15 is 0 Å². The van der Waals surface area contributed by atoms with E-state index in [1.807, 2.05) is 0 Å². The van der Waals surface area contributed by atoms with Gasteiger partial charge in [0.15, 0.2) is 11.8 Å². The minimum absolute atomic E-state index is 0.0335. The van der Waals surface area contributed by atoms with Crippen LogP contribution in [-0.2, 0) is 6.18 Å². The van der Waals surface area contributed by atoms with Crippen LogP contribution in [0.1, 0.15) is 27.7 Å². The van der Waals surface area contributed by atoms with Crippen LogP contribution in [-0.4, -0.2) is 28.3 Å². The quantitative estimate of drug-likeness (QED) is 0.231. The van der Waals surface area contributed by atoms with E-state index in [2.05, 4.69) is 9.72 Å². The minimum Gasteiger partial charge on any atom is -0.449 e. The topological polar surface area (TPSA) is 91.4 Å². The molecule has 0 saturated carbocycles. The molecule has 1 aromatic heterocycles. The lowest BCUT2D eigenvalue weighted by Gasteiger charge is -2.23. The van der Waals surface area contributed by atoms with E-state index in [0.29, 0.717) is 6.07 Å². The van der Waals surface area contributed by atoms with Crippen LogP contribution in [0.4, 0.5) is 35.5 Å². The van der Waals surface area contributed by atoms with Gasteiger partial charge in [-0.1, -0.05) is 17.7 Å². The molecule has 2 aromatic carbocycles. The van der Waals surface area contributed by atoms with Gasteiger partial charge in [-0.2, -0.15) is 26.3 Å². The highest BCUT2D eigenvalue weighted by molar-refractivity contribution is 6.33. The molecule has 0 aliphatic carbocycles. The van der Waals surface area contributed by atoms with Crippen LogP contribution in [0.15, 0.2) is 36.4 Å². The summed E-state index contributed by atoms with van der Waals surface area (Å²) < 4.78 is 97.3. The molecule has 0 bridgehead atoms. The van der Waals surface area contributed by atoms with Crippen LogP contribution in [0.5, 0.6) is 5.75 Å². The average Bonchev–Trinajstić information content (AvgIpc) is 3.07. The Morgan fingerprint density at radius 3 is 2.30 bits per heavy atom. The molecule has 14 heteroatoms. The van der Waals surface area contributed by atoms with Gasteiger partial charge in [0.1, 0.15) is 11.5 Å². The molecule has 3 rings (SSSR count). The van der Waals surface area contributed by atoms with E-state index < -0.39 is 53.1 Å². The van der Waals surface area contributed by atoms with Gasteiger partial charge >= 0.3 is 18.5 Å². The van der Waals surface area contributed by atoms with Gasteiger partial charge in [0.25, 0.3) is 5.91 Å². The Morgan fingerprint density at radius 1 is 1.06 bits per heavy atom. The highest BCUT2D eigenvalue weighted by Gasteiger charge is 2.44. The molecule has 0 spiro atoms. The second-order valence-corrected chi connectivity index (χ2v) is 7.01. The smallest absolute Gasteiger partial charge is 0.449 e. The third-order valence-corrected chi connectivity index (χ3v) is 4.64. The number of carbonyl (C=O) groups excluding carboxylic acids is 1. The number of halogens is 8. The van der Waals surface area contributed by atoms with Crippen molar-refractivity contribution >= 4 is 34.6 Å². The molecule has 1 unspecified atom stereocenters. The first kappa shape index (κ1) is 24.2. The Bertz CT molecular complexity index is 1240. The van der Waals surface area contributed by atoms with Crippen molar-refractivity contribution in [2.24, 2.45) is 0 Å². The van der Waals surface area contributed by atoms with E-state index in [1.54, 1.807) is 5.32 Å². The summed E-state index contributed by atoms with van der Waals surface area (Å²) in [4.78, 5) is 25.6. The number of carboxylic acid groups (broad SMARTS) is 1. The van der Waals surface area contributed by atoms with Gasteiger partial charge in [-0.3, -0.25) is 4.79 Å². The van der Waals surface area contributed by atoms with Crippen molar-refractivity contribution in [1.29, 1.82) is 0 Å². The highest BCUT2D eigenvalue weighted by Crippen LogP contribution is 2.38. The fourth-order valence-electron chi connectivity index (χ4n) is 2.93. The fraction of sp³-hybridized carbons (Fsp3) is 0.158. The number of fused-ring (bicyclic) bond motifs is 1. The van der Waals surface area contributed by atoms with E-state index in [4.69, 9.17) is 16.7 Å². The van der Waals surface area contributed by atoms with Crippen LogP contribution < -0.4 is 10.1 Å². The lowest BCUT2D eigenvalue weighted by molar-refractivity contribution is -0.156. The summed E-state index contributed by atoms with van der Waals surface area (Å²) in [7, 11) is 0. The minimum atomic E-state index is -5.26. The summed E-state index contributed by atoms with van der Waals surface area (Å²) in [6, 6.07) is 1.08. The molecule has 3 N–H and O–H groups in total. The third kappa shape index (κ3) is 5.30. The number of rotatable bonds is 4. The molecule has 1 heterocycles. The number of hydrogen-bond acceptors (Lipinski definition) is 3. The predicted octanol–water partition coefficient (Wildman–Crippen LogP) is 6.07. The number of aromatic amines is 1. The van der Waals surface area contributed by atoms with Gasteiger partial charge in [0.2, 0.25) is 0 Å². The second-order valence-electron chi connectivity index (χ2n) is 6.61. The van der Waals surface area contributed by atoms with Gasteiger partial charge in [0, 0.05) is 10.9 Å². The molecule has 0 aliphatic heterocycles. The number of hydrogen-bond donors (Lipinski definition) is 3. The first-order valence-corrected chi connectivity index (χ1v) is 9.02. The average molecular weight is 499 g/mol. The van der Waals surface area contributed by atoms with E-state index in [0.717, 1.165) is 18.2 Å². The molecule has 0 aliphatic rings. The maximum atomic E-state index is 13.6. The van der Waals surface area contributed by atoms with Gasteiger partial charge in [-0.25, -0.2) is 9.18 Å². The Kier molecular flexibility index (Phi) is 6.20. The SMILES string of the molecule is O=C(O)Oc1cc2cc(C(=O)NC(c3ccc(F)c(C(F)(F)F)c3)C(F)(F)F)[nH]c2cc1Cl. The van der Waals surface area contributed by atoms with Gasteiger partial charge in [-0.05, 0) is 35.9 Å². The molecule has 0 fully saturated rings. The molecular formula is C19H10ClF7N2O4. The van der Waals surface area contributed by atoms with Crippen molar-refractivity contribution in [2.75, 3.05) is 0 Å². The van der Waals surface area contributed by atoms with Crippen molar-refractivity contribution in [2.45, 2.75) is 18.4 Å². The second kappa shape index (κ2) is 8.46. The summed E-state index contributed by atoms with van der Waals surface area (Å²) in [5.74, 6) is -3.43. The van der Waals surface area contributed by atoms with Crippen molar-refractivity contribution in [3.05, 3.63) is 64.1 Å². The number of alkyl halides is 6. The molecule has 0 saturated heterocycles. The Hall–Kier alpha value is -3.48. The zero-order valence-corrected chi connectivity index (χ0v) is 16.5. The first-order valence-electron chi connectivity index (χ1n) is 8.64. The Balaban J connectivity index is 1.96. The number of amides is 1. The monoisotopic (exact) mass is 498 g/mol. The van der Waals surface area contributed by atoms with Crippen LogP contribution >= 0.6 is 11.6 Å². The lowest BCUT2D eigenvalue weighted by atomic mass is 10.0. The highest BCUT2D eigenvalue weighted by atomic mass is 35.5. The molecule has 176 valence electrons. The summed E-state index contributed by atoms with van der Waals surface area (Å²) in [6.45, 7) is 0. The Labute approximate surface area is 183 Å². The zero-order valence-electron chi connectivity index (χ0n) is 15.7. The summed E-state index contributed by atoms with van der Waals surface area (Å²) in [5.41, 5.74) is -3.27. The molecule has 1 amide bonds. The maximum Gasteiger partial charge on any atom is 0.511 e. The van der Waals surface area contributed by atoms with Crippen molar-refractivity contribution in [3.8, 4) is 5.75 Å². The number of ether oxygens (including phenoxy) is 1. The summed E-state index contributed by atoms with van der Waals surface area (Å²) in [6.07, 6.45) is -12.2. The Morgan fingerprint density at radius 2 is 1.73 bits per heavy atom. The first-order chi connectivity index (χ1) is 15.2. The molecular weight excluding hydrogens is 489 g/mol. The normalized spacial score (nSPS) is 13.1.